The predicted molar refractivity (Wildman–Crippen MR) is 129 cm³/mol. The number of likely N-dealkylation sites (tertiary alicyclic amines) is 1. The number of benzene rings is 1. The van der Waals surface area contributed by atoms with Crippen molar-refractivity contribution in [2.24, 2.45) is 5.41 Å². The van der Waals surface area contributed by atoms with Crippen LogP contribution in [-0.4, -0.2) is 56.9 Å². The maximum atomic E-state index is 13.7. The molecule has 1 atom stereocenters. The van der Waals surface area contributed by atoms with Crippen LogP contribution in [0.1, 0.15) is 44.2 Å². The minimum atomic E-state index is -0.376. The van der Waals surface area contributed by atoms with Gasteiger partial charge in [0.05, 0.1) is 0 Å². The molecule has 4 heterocycles. The first-order valence-corrected chi connectivity index (χ1v) is 12.0. The van der Waals surface area contributed by atoms with Crippen molar-refractivity contribution in [3.63, 3.8) is 0 Å². The Morgan fingerprint density at radius 2 is 1.68 bits per heavy atom. The van der Waals surface area contributed by atoms with E-state index < -0.39 is 0 Å². The molecule has 176 valence electrons. The fourth-order valence-corrected chi connectivity index (χ4v) is 4.93. The van der Waals surface area contributed by atoms with Gasteiger partial charge in [-0.3, -0.25) is 9.78 Å². The number of piperidine rings is 2. The van der Waals surface area contributed by atoms with Crippen LogP contribution in [0.25, 0.3) is 0 Å². The summed E-state index contributed by atoms with van der Waals surface area (Å²) in [4.78, 5) is 35.7. The lowest BCUT2D eigenvalue weighted by Crippen LogP contribution is -2.51. The lowest BCUT2D eigenvalue weighted by molar-refractivity contribution is -0.143. The first-order valence-electron chi connectivity index (χ1n) is 12.0. The van der Waals surface area contributed by atoms with Gasteiger partial charge in [-0.05, 0) is 43.9 Å². The number of hydrogen-bond donors (Lipinski definition) is 0. The Morgan fingerprint density at radius 1 is 0.941 bits per heavy atom. The summed E-state index contributed by atoms with van der Waals surface area (Å²) in [7, 11) is 0. The van der Waals surface area contributed by atoms with E-state index in [1.165, 1.54) is 0 Å². The number of amides is 1. The molecule has 34 heavy (non-hydrogen) atoms. The lowest BCUT2D eigenvalue weighted by atomic mass is 9.78. The van der Waals surface area contributed by atoms with E-state index in [1.54, 1.807) is 24.8 Å². The normalized spacial score (nSPS) is 20.1. The summed E-state index contributed by atoms with van der Waals surface area (Å²) in [6.07, 6.45) is 10.4. The summed E-state index contributed by atoms with van der Waals surface area (Å²) in [6, 6.07) is 11.4. The zero-order valence-corrected chi connectivity index (χ0v) is 19.5. The van der Waals surface area contributed by atoms with Crippen molar-refractivity contribution in [1.82, 2.24) is 24.8 Å². The first-order chi connectivity index (χ1) is 16.6. The molecule has 0 saturated carbocycles. The second kappa shape index (κ2) is 9.75. The number of nitrogens with zero attached hydrogens (tertiary/aromatic N) is 6. The van der Waals surface area contributed by atoms with Crippen molar-refractivity contribution in [1.29, 1.82) is 0 Å². The van der Waals surface area contributed by atoms with Gasteiger partial charge >= 0.3 is 0 Å². The molecular weight excluding hydrogens is 428 g/mol. The highest BCUT2D eigenvalue weighted by molar-refractivity contribution is 5.83. The summed E-state index contributed by atoms with van der Waals surface area (Å²) >= 11 is 0. The van der Waals surface area contributed by atoms with Crippen molar-refractivity contribution in [3.8, 4) is 11.6 Å². The van der Waals surface area contributed by atoms with Crippen LogP contribution in [0, 0.1) is 5.41 Å². The molecule has 3 aromatic rings. The molecule has 1 unspecified atom stereocenters. The Bertz CT molecular complexity index is 1100. The zero-order valence-electron chi connectivity index (χ0n) is 19.5. The average Bonchev–Trinajstić information content (AvgIpc) is 2.90. The fourth-order valence-electron chi connectivity index (χ4n) is 4.93. The molecule has 0 spiro atoms. The third-order valence-corrected chi connectivity index (χ3v) is 6.96. The molecule has 1 amide bonds. The number of aromatic nitrogens is 4. The van der Waals surface area contributed by atoms with E-state index in [1.807, 2.05) is 41.3 Å². The van der Waals surface area contributed by atoms with E-state index in [-0.39, 0.29) is 17.2 Å². The zero-order chi connectivity index (χ0) is 23.4. The molecule has 8 nitrogen and oxygen atoms in total. The van der Waals surface area contributed by atoms with E-state index >= 15 is 0 Å². The monoisotopic (exact) mass is 458 g/mol. The van der Waals surface area contributed by atoms with Crippen LogP contribution in [0.5, 0.6) is 11.6 Å². The molecule has 1 aromatic carbocycles. The summed E-state index contributed by atoms with van der Waals surface area (Å²) < 4.78 is 6.05. The van der Waals surface area contributed by atoms with Crippen LogP contribution in [0.15, 0.2) is 61.2 Å². The highest BCUT2D eigenvalue weighted by Gasteiger charge is 2.41. The van der Waals surface area contributed by atoms with Crippen LogP contribution >= 0.6 is 0 Å². The standard InChI is InChI=1S/C26H30N6O2/c1-26(10-17-31(18-11-26)25-29-12-6-13-30-25)24(33)32-16-5-7-20(19-32)22-23(28-15-14-27-22)34-21-8-3-2-4-9-21/h2-4,6,8-9,12-15,20H,5,7,10-11,16-19H2,1H3. The molecule has 0 aliphatic carbocycles. The molecule has 2 saturated heterocycles. The molecular formula is C26H30N6O2. The number of carbonyl (C=O) groups excluding carboxylic acids is 1. The molecule has 2 aliphatic rings. The number of carbonyl (C=O) groups is 1. The second-order valence-corrected chi connectivity index (χ2v) is 9.35. The highest BCUT2D eigenvalue weighted by atomic mass is 16.5. The summed E-state index contributed by atoms with van der Waals surface area (Å²) in [5.41, 5.74) is 0.448. The predicted octanol–water partition coefficient (Wildman–Crippen LogP) is 4.07. The minimum Gasteiger partial charge on any atom is -0.437 e. The fraction of sp³-hybridized carbons (Fsp3) is 0.423. The lowest BCUT2D eigenvalue weighted by Gasteiger charge is -2.43. The van der Waals surface area contributed by atoms with Crippen LogP contribution in [-0.2, 0) is 4.79 Å². The molecule has 5 rings (SSSR count). The van der Waals surface area contributed by atoms with E-state index in [0.717, 1.165) is 62.7 Å². The number of hydrogen-bond acceptors (Lipinski definition) is 7. The van der Waals surface area contributed by atoms with Crippen LogP contribution in [0.2, 0.25) is 0 Å². The molecule has 0 bridgehead atoms. The number of ether oxygens (including phenoxy) is 1. The molecule has 2 aromatic heterocycles. The summed E-state index contributed by atoms with van der Waals surface area (Å²) in [6.45, 7) is 5.09. The molecule has 0 radical (unpaired) electrons. The SMILES string of the molecule is CC1(C(=O)N2CCCC(c3nccnc3Oc3ccccc3)C2)CCN(c2ncccn2)CC1. The van der Waals surface area contributed by atoms with Crippen LogP contribution in [0.4, 0.5) is 5.95 Å². The summed E-state index contributed by atoms with van der Waals surface area (Å²) in [5, 5.41) is 0. The van der Waals surface area contributed by atoms with Gasteiger partial charge in [-0.1, -0.05) is 25.1 Å². The maximum absolute atomic E-state index is 13.7. The van der Waals surface area contributed by atoms with Crippen LogP contribution < -0.4 is 9.64 Å². The number of anilines is 1. The van der Waals surface area contributed by atoms with E-state index in [2.05, 4.69) is 31.8 Å². The number of para-hydroxylation sites is 1. The van der Waals surface area contributed by atoms with Crippen molar-refractivity contribution in [3.05, 3.63) is 66.9 Å². The Morgan fingerprint density at radius 3 is 2.44 bits per heavy atom. The quantitative estimate of drug-likeness (QED) is 0.570. The van der Waals surface area contributed by atoms with Gasteiger partial charge in [0.2, 0.25) is 17.7 Å². The Balaban J connectivity index is 1.26. The summed E-state index contributed by atoms with van der Waals surface area (Å²) in [5.74, 6) is 2.33. The highest BCUT2D eigenvalue weighted by Crippen LogP contribution is 2.38. The Labute approximate surface area is 200 Å². The van der Waals surface area contributed by atoms with Gasteiger partial charge in [0, 0.05) is 62.3 Å². The van der Waals surface area contributed by atoms with E-state index in [0.29, 0.717) is 12.4 Å². The Hall–Kier alpha value is -3.55. The van der Waals surface area contributed by atoms with Gasteiger partial charge in [0.15, 0.2) is 0 Å². The van der Waals surface area contributed by atoms with E-state index in [9.17, 15) is 4.79 Å². The molecule has 2 aliphatic heterocycles. The molecule has 8 heteroatoms. The van der Waals surface area contributed by atoms with Gasteiger partial charge in [0.25, 0.3) is 0 Å². The smallest absolute Gasteiger partial charge is 0.241 e. The second-order valence-electron chi connectivity index (χ2n) is 9.35. The minimum absolute atomic E-state index is 0.103. The van der Waals surface area contributed by atoms with Crippen molar-refractivity contribution in [2.45, 2.75) is 38.5 Å². The number of rotatable bonds is 5. The first kappa shape index (κ1) is 22.3. The third-order valence-electron chi connectivity index (χ3n) is 6.96. The average molecular weight is 459 g/mol. The Kier molecular flexibility index (Phi) is 6.38. The van der Waals surface area contributed by atoms with Gasteiger partial charge in [-0.15, -0.1) is 0 Å². The van der Waals surface area contributed by atoms with Crippen molar-refractivity contribution >= 4 is 11.9 Å². The van der Waals surface area contributed by atoms with Gasteiger partial charge in [-0.25, -0.2) is 15.0 Å². The van der Waals surface area contributed by atoms with Crippen LogP contribution in [0.3, 0.4) is 0 Å². The third kappa shape index (κ3) is 4.71. The van der Waals surface area contributed by atoms with Gasteiger partial charge in [-0.2, -0.15) is 0 Å². The van der Waals surface area contributed by atoms with Crippen molar-refractivity contribution in [2.75, 3.05) is 31.1 Å². The van der Waals surface area contributed by atoms with Gasteiger partial charge < -0.3 is 14.5 Å². The van der Waals surface area contributed by atoms with Crippen molar-refractivity contribution < 1.29 is 9.53 Å². The molecule has 2 fully saturated rings. The molecule has 0 N–H and O–H groups in total. The van der Waals surface area contributed by atoms with Gasteiger partial charge in [0.1, 0.15) is 11.4 Å². The topological polar surface area (TPSA) is 84.3 Å². The largest absolute Gasteiger partial charge is 0.437 e. The maximum Gasteiger partial charge on any atom is 0.241 e. The van der Waals surface area contributed by atoms with E-state index in [4.69, 9.17) is 4.74 Å².